The Balaban J connectivity index is 3.53. The van der Waals surface area contributed by atoms with Crippen molar-refractivity contribution in [1.29, 1.82) is 0 Å². The van der Waals surface area contributed by atoms with Crippen molar-refractivity contribution in [2.24, 2.45) is 5.92 Å². The molecule has 4 heteroatoms. The Morgan fingerprint density at radius 1 is 1.58 bits per heavy atom. The van der Waals surface area contributed by atoms with Gasteiger partial charge in [-0.25, -0.2) is 0 Å². The molecule has 0 aliphatic rings. The summed E-state index contributed by atoms with van der Waals surface area (Å²) in [5, 5.41) is 20.9. The third kappa shape index (κ3) is 4.43. The number of carbonyl (C=O) groups is 1. The Bertz CT molecular complexity index is 119. The lowest BCUT2D eigenvalue weighted by atomic mass is 10.0. The highest BCUT2D eigenvalue weighted by atomic mass is 16.3. The van der Waals surface area contributed by atoms with Gasteiger partial charge in [-0.05, 0) is 26.4 Å². The highest BCUT2D eigenvalue weighted by molar-refractivity contribution is 5.54. The quantitative estimate of drug-likeness (QED) is 0.348. The van der Waals surface area contributed by atoms with Crippen LogP contribution in [0.2, 0.25) is 0 Å². The van der Waals surface area contributed by atoms with Crippen LogP contribution < -0.4 is 5.32 Å². The number of rotatable bonds is 7. The first-order chi connectivity index (χ1) is 5.76. The predicted octanol–water partition coefficient (Wildman–Crippen LogP) is -0.846. The molecule has 12 heavy (non-hydrogen) atoms. The largest absolute Gasteiger partial charge is 0.396 e. The van der Waals surface area contributed by atoms with Gasteiger partial charge in [0.1, 0.15) is 6.29 Å². The van der Waals surface area contributed by atoms with E-state index in [1.54, 1.807) is 0 Å². The van der Waals surface area contributed by atoms with Crippen LogP contribution in [0.1, 0.15) is 12.8 Å². The van der Waals surface area contributed by atoms with Gasteiger partial charge in [-0.15, -0.1) is 0 Å². The van der Waals surface area contributed by atoms with E-state index in [9.17, 15) is 9.90 Å². The van der Waals surface area contributed by atoms with E-state index in [2.05, 4.69) is 5.32 Å². The summed E-state index contributed by atoms with van der Waals surface area (Å²) < 4.78 is 0. The monoisotopic (exact) mass is 175 g/mol. The maximum absolute atomic E-state index is 10.3. The Morgan fingerprint density at radius 3 is 2.67 bits per heavy atom. The third-order valence-corrected chi connectivity index (χ3v) is 1.81. The topological polar surface area (TPSA) is 69.6 Å². The zero-order valence-electron chi connectivity index (χ0n) is 7.36. The van der Waals surface area contributed by atoms with Crippen molar-refractivity contribution in [3.63, 3.8) is 0 Å². The Hall–Kier alpha value is -0.450. The minimum absolute atomic E-state index is 0.274. The minimum Gasteiger partial charge on any atom is -0.396 e. The highest BCUT2D eigenvalue weighted by Crippen LogP contribution is 2.06. The number of aliphatic hydroxyl groups excluding tert-OH is 2. The molecule has 0 rings (SSSR count). The minimum atomic E-state index is -0.708. The van der Waals surface area contributed by atoms with Crippen LogP contribution in [0.15, 0.2) is 0 Å². The van der Waals surface area contributed by atoms with Crippen molar-refractivity contribution in [3.05, 3.63) is 0 Å². The second-order valence-corrected chi connectivity index (χ2v) is 2.80. The first-order valence-corrected chi connectivity index (χ1v) is 4.15. The molecular formula is C8H17NO3. The molecule has 4 nitrogen and oxygen atoms in total. The molecular weight excluding hydrogens is 158 g/mol. The van der Waals surface area contributed by atoms with Crippen LogP contribution in [-0.2, 0) is 4.79 Å². The van der Waals surface area contributed by atoms with Crippen LogP contribution in [0.25, 0.3) is 0 Å². The fourth-order valence-corrected chi connectivity index (χ4v) is 0.957. The SMILES string of the molecule is CNCCCC(O)C(C=O)CO. The first-order valence-electron chi connectivity index (χ1n) is 4.15. The zero-order valence-corrected chi connectivity index (χ0v) is 7.36. The summed E-state index contributed by atoms with van der Waals surface area (Å²) in [6.45, 7) is 0.540. The van der Waals surface area contributed by atoms with Gasteiger partial charge in [0.25, 0.3) is 0 Å². The van der Waals surface area contributed by atoms with Crippen molar-refractivity contribution in [1.82, 2.24) is 5.32 Å². The Kier molecular flexibility index (Phi) is 6.94. The van der Waals surface area contributed by atoms with Crippen LogP contribution in [0.5, 0.6) is 0 Å². The molecule has 3 N–H and O–H groups in total. The highest BCUT2D eigenvalue weighted by Gasteiger charge is 2.16. The average Bonchev–Trinajstić information content (AvgIpc) is 2.07. The van der Waals surface area contributed by atoms with Crippen LogP contribution in [0.4, 0.5) is 0 Å². The molecule has 0 spiro atoms. The van der Waals surface area contributed by atoms with Gasteiger partial charge < -0.3 is 20.3 Å². The molecule has 0 aliphatic carbocycles. The summed E-state index contributed by atoms with van der Waals surface area (Å²) in [6.07, 6.45) is 1.25. The van der Waals surface area contributed by atoms with Gasteiger partial charge in [0.15, 0.2) is 0 Å². The lowest BCUT2D eigenvalue weighted by Crippen LogP contribution is -2.26. The summed E-state index contributed by atoms with van der Waals surface area (Å²) in [4.78, 5) is 10.3. The number of nitrogens with one attached hydrogen (secondary N) is 1. The van der Waals surface area contributed by atoms with E-state index in [-0.39, 0.29) is 6.61 Å². The molecule has 0 fully saturated rings. The maximum Gasteiger partial charge on any atom is 0.127 e. The fourth-order valence-electron chi connectivity index (χ4n) is 0.957. The first kappa shape index (κ1) is 11.6. The Labute approximate surface area is 72.6 Å². The van der Waals surface area contributed by atoms with Crippen molar-refractivity contribution in [3.8, 4) is 0 Å². The van der Waals surface area contributed by atoms with Crippen molar-refractivity contribution in [2.75, 3.05) is 20.2 Å². The van der Waals surface area contributed by atoms with Gasteiger partial charge in [-0.1, -0.05) is 0 Å². The number of aldehydes is 1. The second kappa shape index (κ2) is 7.21. The number of hydrogen-bond donors (Lipinski definition) is 3. The van der Waals surface area contributed by atoms with E-state index in [1.165, 1.54) is 0 Å². The van der Waals surface area contributed by atoms with Gasteiger partial charge >= 0.3 is 0 Å². The molecule has 0 radical (unpaired) electrons. The lowest BCUT2D eigenvalue weighted by molar-refractivity contribution is -0.116. The Morgan fingerprint density at radius 2 is 2.25 bits per heavy atom. The van der Waals surface area contributed by atoms with Crippen molar-refractivity contribution in [2.45, 2.75) is 18.9 Å². The van der Waals surface area contributed by atoms with E-state index in [1.807, 2.05) is 7.05 Å². The van der Waals surface area contributed by atoms with Gasteiger partial charge in [0.2, 0.25) is 0 Å². The summed E-state index contributed by atoms with van der Waals surface area (Å²) in [5.74, 6) is -0.623. The van der Waals surface area contributed by atoms with Gasteiger partial charge in [-0.2, -0.15) is 0 Å². The number of hydrogen-bond acceptors (Lipinski definition) is 4. The van der Waals surface area contributed by atoms with Crippen LogP contribution >= 0.6 is 0 Å². The van der Waals surface area contributed by atoms with Crippen LogP contribution in [-0.4, -0.2) is 42.8 Å². The van der Waals surface area contributed by atoms with E-state index >= 15 is 0 Å². The number of aliphatic hydroxyl groups is 2. The molecule has 2 unspecified atom stereocenters. The molecule has 0 amide bonds. The molecule has 2 atom stereocenters. The third-order valence-electron chi connectivity index (χ3n) is 1.81. The predicted molar refractivity (Wildman–Crippen MR) is 45.8 cm³/mol. The van der Waals surface area contributed by atoms with Gasteiger partial charge in [0, 0.05) is 0 Å². The van der Waals surface area contributed by atoms with Crippen molar-refractivity contribution >= 4 is 6.29 Å². The number of carbonyl (C=O) groups excluding carboxylic acids is 1. The summed E-state index contributed by atoms with van der Waals surface area (Å²) in [7, 11) is 1.83. The summed E-state index contributed by atoms with van der Waals surface area (Å²) in [6, 6.07) is 0. The molecule has 0 aromatic heterocycles. The zero-order chi connectivity index (χ0) is 9.40. The van der Waals surface area contributed by atoms with Crippen molar-refractivity contribution < 1.29 is 15.0 Å². The smallest absolute Gasteiger partial charge is 0.127 e. The van der Waals surface area contributed by atoms with Gasteiger partial charge in [0.05, 0.1) is 18.6 Å². The molecule has 0 saturated heterocycles. The molecule has 0 aromatic carbocycles. The molecule has 0 saturated carbocycles. The van der Waals surface area contributed by atoms with Crippen LogP contribution in [0, 0.1) is 5.92 Å². The van der Waals surface area contributed by atoms with E-state index < -0.39 is 12.0 Å². The van der Waals surface area contributed by atoms with Gasteiger partial charge in [-0.3, -0.25) is 0 Å². The van der Waals surface area contributed by atoms with Crippen LogP contribution in [0.3, 0.4) is 0 Å². The summed E-state index contributed by atoms with van der Waals surface area (Å²) in [5.41, 5.74) is 0. The van der Waals surface area contributed by atoms with E-state index in [0.29, 0.717) is 12.7 Å². The lowest BCUT2D eigenvalue weighted by Gasteiger charge is -2.14. The average molecular weight is 175 g/mol. The normalized spacial score (nSPS) is 15.6. The van der Waals surface area contributed by atoms with E-state index in [0.717, 1.165) is 13.0 Å². The second-order valence-electron chi connectivity index (χ2n) is 2.80. The molecule has 0 aromatic rings. The standard InChI is InChI=1S/C8H17NO3/c1-9-4-2-3-8(12)7(5-10)6-11/h5,7-9,11-12H,2-4,6H2,1H3. The molecule has 0 heterocycles. The molecule has 0 aliphatic heterocycles. The fraction of sp³-hybridized carbons (Fsp3) is 0.875. The maximum atomic E-state index is 10.3. The molecule has 0 bridgehead atoms. The summed E-state index contributed by atoms with van der Waals surface area (Å²) >= 11 is 0. The van der Waals surface area contributed by atoms with E-state index in [4.69, 9.17) is 5.11 Å². The molecule has 72 valence electrons.